The lowest BCUT2D eigenvalue weighted by molar-refractivity contribution is -0.131. The average molecular weight is 778 g/mol. The number of carbonyl (C=O) groups is 6. The lowest BCUT2D eigenvalue weighted by Gasteiger charge is -2.34. The molecule has 18 heteroatoms. The largest absolute Gasteiger partial charge is 0.379 e. The van der Waals surface area contributed by atoms with Gasteiger partial charge in [0.05, 0.1) is 92.5 Å². The molecule has 0 atom stereocenters. The van der Waals surface area contributed by atoms with Crippen LogP contribution in [0.1, 0.15) is 72.1 Å². The standard InChI is InChI=1S/C36H67N5O13/c1-6-30(42)10-15-52-26-36(27-53-17-11-31(43)37-4,28-54-18-12-32(44)38-5)41-35(47)13-16-48-20-22-50-24-25-51-23-21-49-19-14-39-33(45)8-7-9-34(46)40-29(2)3/h29H,6-28H2,1-5H3,(H,37,43)(H,38,44)(H,39,45)(H,40,46)(H,41,47). The number of amides is 5. The van der Waals surface area contributed by atoms with Crippen LogP contribution in [0.3, 0.4) is 0 Å². The molecule has 0 aromatic rings. The van der Waals surface area contributed by atoms with Crippen LogP contribution in [-0.2, 0) is 61.9 Å². The molecule has 0 spiro atoms. The summed E-state index contributed by atoms with van der Waals surface area (Å²) in [5.74, 6) is -0.885. The zero-order valence-electron chi connectivity index (χ0n) is 33.1. The van der Waals surface area contributed by atoms with Crippen molar-refractivity contribution < 1.29 is 61.9 Å². The topological polar surface area (TPSA) is 227 Å². The summed E-state index contributed by atoms with van der Waals surface area (Å²) in [7, 11) is 3.05. The lowest BCUT2D eigenvalue weighted by Crippen LogP contribution is -2.59. The molecule has 0 fully saturated rings. The van der Waals surface area contributed by atoms with Crippen LogP contribution in [0.2, 0.25) is 0 Å². The molecule has 0 heterocycles. The van der Waals surface area contributed by atoms with Crippen molar-refractivity contribution in [1.29, 1.82) is 0 Å². The molecule has 0 rings (SSSR count). The second-order valence-electron chi connectivity index (χ2n) is 12.6. The number of hydrogen-bond acceptors (Lipinski definition) is 13. The maximum atomic E-state index is 13.0. The van der Waals surface area contributed by atoms with Crippen molar-refractivity contribution in [3.8, 4) is 0 Å². The second-order valence-corrected chi connectivity index (χ2v) is 12.6. The van der Waals surface area contributed by atoms with Gasteiger partial charge in [-0.1, -0.05) is 6.92 Å². The molecule has 0 radical (unpaired) electrons. The van der Waals surface area contributed by atoms with Crippen molar-refractivity contribution in [1.82, 2.24) is 26.6 Å². The Kier molecular flexibility index (Phi) is 32.2. The predicted octanol–water partition coefficient (Wildman–Crippen LogP) is -0.200. The number of nitrogens with one attached hydrogen (secondary N) is 5. The first kappa shape index (κ1) is 50.7. The molecule has 0 bridgehead atoms. The Morgan fingerprint density at radius 3 is 1.41 bits per heavy atom. The molecule has 5 N–H and O–H groups in total. The first-order valence-corrected chi connectivity index (χ1v) is 18.8. The number of hydrogen-bond donors (Lipinski definition) is 5. The van der Waals surface area contributed by atoms with Gasteiger partial charge in [0.1, 0.15) is 11.3 Å². The smallest absolute Gasteiger partial charge is 0.222 e. The second kappa shape index (κ2) is 34.2. The van der Waals surface area contributed by atoms with Crippen LogP contribution in [0.4, 0.5) is 0 Å². The molecule has 0 aromatic carbocycles. The van der Waals surface area contributed by atoms with Gasteiger partial charge in [-0.25, -0.2) is 0 Å². The Balaban J connectivity index is 4.39. The summed E-state index contributed by atoms with van der Waals surface area (Å²) < 4.78 is 39.3. The van der Waals surface area contributed by atoms with E-state index in [0.29, 0.717) is 65.4 Å². The highest BCUT2D eigenvalue weighted by molar-refractivity contribution is 5.79. The monoisotopic (exact) mass is 777 g/mol. The maximum absolute atomic E-state index is 13.0. The van der Waals surface area contributed by atoms with Crippen LogP contribution >= 0.6 is 0 Å². The van der Waals surface area contributed by atoms with Crippen molar-refractivity contribution in [3.63, 3.8) is 0 Å². The van der Waals surface area contributed by atoms with Gasteiger partial charge in [0.25, 0.3) is 0 Å². The van der Waals surface area contributed by atoms with Gasteiger partial charge >= 0.3 is 0 Å². The van der Waals surface area contributed by atoms with Crippen molar-refractivity contribution >= 4 is 35.3 Å². The van der Waals surface area contributed by atoms with E-state index in [1.54, 1.807) is 6.92 Å². The molecule has 314 valence electrons. The van der Waals surface area contributed by atoms with Crippen molar-refractivity contribution in [3.05, 3.63) is 0 Å². The van der Waals surface area contributed by atoms with Crippen LogP contribution in [-0.4, -0.2) is 160 Å². The number of rotatable bonds is 37. The molecule has 0 unspecified atom stereocenters. The maximum Gasteiger partial charge on any atom is 0.222 e. The Labute approximate surface area is 320 Å². The summed E-state index contributed by atoms with van der Waals surface area (Å²) in [5.41, 5.74) is -1.16. The van der Waals surface area contributed by atoms with Crippen LogP contribution in [0, 0.1) is 0 Å². The minimum Gasteiger partial charge on any atom is -0.379 e. The van der Waals surface area contributed by atoms with Crippen LogP contribution in [0.5, 0.6) is 0 Å². The van der Waals surface area contributed by atoms with E-state index >= 15 is 0 Å². The Morgan fingerprint density at radius 2 is 0.926 bits per heavy atom. The molecule has 0 saturated heterocycles. The summed E-state index contributed by atoms with van der Waals surface area (Å²) in [6.07, 6.45) is 1.97. The van der Waals surface area contributed by atoms with E-state index in [1.807, 2.05) is 13.8 Å². The third kappa shape index (κ3) is 31.1. The molecule has 0 aromatic heterocycles. The molecule has 5 amide bonds. The zero-order chi connectivity index (χ0) is 40.3. The zero-order valence-corrected chi connectivity index (χ0v) is 33.1. The van der Waals surface area contributed by atoms with E-state index in [1.165, 1.54) is 14.1 Å². The minimum atomic E-state index is -1.16. The fourth-order valence-electron chi connectivity index (χ4n) is 4.42. The molecule has 0 aliphatic carbocycles. The Bertz CT molecular complexity index is 989. The summed E-state index contributed by atoms with van der Waals surface area (Å²) in [6, 6.07) is 0.0844. The van der Waals surface area contributed by atoms with Gasteiger partial charge in [-0.05, 0) is 20.3 Å². The van der Waals surface area contributed by atoms with Crippen molar-refractivity contribution in [2.75, 3.05) is 113 Å². The molecule has 18 nitrogen and oxygen atoms in total. The number of carbonyl (C=O) groups excluding carboxylic acids is 6. The summed E-state index contributed by atoms with van der Waals surface area (Å²) in [5, 5.41) is 13.5. The van der Waals surface area contributed by atoms with Crippen molar-refractivity contribution in [2.45, 2.75) is 83.7 Å². The van der Waals surface area contributed by atoms with E-state index < -0.39 is 5.54 Å². The number of ketones is 1. The fourth-order valence-corrected chi connectivity index (χ4v) is 4.42. The third-order valence-electron chi connectivity index (χ3n) is 7.38. The van der Waals surface area contributed by atoms with Gasteiger partial charge < -0.3 is 59.7 Å². The highest BCUT2D eigenvalue weighted by atomic mass is 16.6. The molecule has 54 heavy (non-hydrogen) atoms. The lowest BCUT2D eigenvalue weighted by atomic mass is 10.0. The van der Waals surface area contributed by atoms with Gasteiger partial charge in [0.2, 0.25) is 29.5 Å². The van der Waals surface area contributed by atoms with E-state index in [0.717, 1.165) is 0 Å². The molecule has 0 aliphatic rings. The summed E-state index contributed by atoms with van der Waals surface area (Å²) >= 11 is 0. The van der Waals surface area contributed by atoms with E-state index in [4.69, 9.17) is 33.2 Å². The average Bonchev–Trinajstić information content (AvgIpc) is 3.14. The van der Waals surface area contributed by atoms with Gasteiger partial charge in [-0.2, -0.15) is 0 Å². The Morgan fingerprint density at radius 1 is 0.500 bits per heavy atom. The summed E-state index contributed by atoms with van der Waals surface area (Å²) in [6.45, 7) is 8.63. The molecule has 0 aliphatic heterocycles. The van der Waals surface area contributed by atoms with E-state index in [2.05, 4.69) is 26.6 Å². The van der Waals surface area contributed by atoms with E-state index in [9.17, 15) is 28.8 Å². The molecular weight excluding hydrogens is 710 g/mol. The number of Topliss-reactive ketones (excluding diaryl/α,β-unsaturated/α-hetero) is 1. The first-order valence-electron chi connectivity index (χ1n) is 18.8. The van der Waals surface area contributed by atoms with Crippen LogP contribution in [0.15, 0.2) is 0 Å². The van der Waals surface area contributed by atoms with Gasteiger partial charge in [0.15, 0.2) is 0 Å². The van der Waals surface area contributed by atoms with Crippen LogP contribution < -0.4 is 26.6 Å². The summed E-state index contributed by atoms with van der Waals surface area (Å²) in [4.78, 5) is 71.6. The first-order chi connectivity index (χ1) is 26.0. The Hall–Kier alpha value is -3.26. The minimum absolute atomic E-state index is 0.0243. The third-order valence-corrected chi connectivity index (χ3v) is 7.38. The van der Waals surface area contributed by atoms with Crippen LogP contribution in [0.25, 0.3) is 0 Å². The molecule has 0 saturated carbocycles. The highest BCUT2D eigenvalue weighted by Crippen LogP contribution is 2.11. The predicted molar refractivity (Wildman–Crippen MR) is 199 cm³/mol. The number of ether oxygens (including phenoxy) is 7. The normalized spacial score (nSPS) is 11.3. The highest BCUT2D eigenvalue weighted by Gasteiger charge is 2.34. The van der Waals surface area contributed by atoms with Crippen molar-refractivity contribution in [2.24, 2.45) is 0 Å². The van der Waals surface area contributed by atoms with Gasteiger partial charge in [-0.15, -0.1) is 0 Å². The van der Waals surface area contributed by atoms with Gasteiger partial charge in [-0.3, -0.25) is 28.8 Å². The quantitative estimate of drug-likeness (QED) is 0.0516. The van der Waals surface area contributed by atoms with Gasteiger partial charge in [0, 0.05) is 71.6 Å². The fraction of sp³-hybridized carbons (Fsp3) is 0.833. The SMILES string of the molecule is CCC(=O)CCOCC(COCCC(=O)NC)(COCCC(=O)NC)NC(=O)CCOCCOCCOCCOCCNC(=O)CCCC(=O)NC(C)C. The molecular formula is C36H67N5O13. The van der Waals surface area contributed by atoms with E-state index in [-0.39, 0.29) is 126 Å².